The minimum absolute atomic E-state index is 0. The van der Waals surface area contributed by atoms with E-state index in [-0.39, 0.29) is 59.1 Å². The number of esters is 2. The van der Waals surface area contributed by atoms with Crippen LogP contribution in [0.1, 0.15) is 13.8 Å². The summed E-state index contributed by atoms with van der Waals surface area (Å²) in [7, 11) is 0. The molecule has 0 aliphatic rings. The van der Waals surface area contributed by atoms with E-state index in [0.29, 0.717) is 5.57 Å². The van der Waals surface area contributed by atoms with Crippen LogP contribution in [-0.4, -0.2) is 71.1 Å². The molecular weight excluding hydrogens is 190 g/mol. The molecule has 13 heavy (non-hydrogen) atoms. The van der Waals surface area contributed by atoms with Crippen molar-refractivity contribution in [3.63, 3.8) is 0 Å². The Bertz CT molecular complexity index is 221. The Morgan fingerprint density at radius 1 is 1.31 bits per heavy atom. The summed E-state index contributed by atoms with van der Waals surface area (Å²) in [5.41, 5.74) is 0.403. The van der Waals surface area contributed by atoms with E-state index in [4.69, 9.17) is 0 Å². The van der Waals surface area contributed by atoms with Crippen LogP contribution in [0.5, 0.6) is 0 Å². The third-order valence-corrected chi connectivity index (χ3v) is 1.11. The fourth-order valence-corrected chi connectivity index (χ4v) is 0.331. The summed E-state index contributed by atoms with van der Waals surface area (Å²) in [6.07, 6.45) is 2.51. The second-order valence-electron chi connectivity index (χ2n) is 1.88. The molecule has 64 valence electrons. The summed E-state index contributed by atoms with van der Waals surface area (Å²) in [5, 5.41) is 0. The van der Waals surface area contributed by atoms with Crippen LogP contribution in [0.3, 0.4) is 0 Å². The molecule has 0 unspecified atom stereocenters. The number of ether oxygens (including phenoxy) is 1. The molecule has 0 aliphatic heterocycles. The molecule has 0 atom stereocenters. The number of allylic oxidation sites excluding steroid dienone is 1. The van der Waals surface area contributed by atoms with Gasteiger partial charge in [-0.3, -0.25) is 0 Å². The summed E-state index contributed by atoms with van der Waals surface area (Å²) >= 11 is 0. The zero-order chi connectivity index (χ0) is 8.85. The van der Waals surface area contributed by atoms with Crippen molar-refractivity contribution in [2.75, 3.05) is 0 Å². The van der Waals surface area contributed by atoms with Crippen LogP contribution < -0.4 is 0 Å². The minimum atomic E-state index is -0.726. The standard InChI is InChI=1S/C8H10O3.2Na.2H/c1-4-6(3)8(10)11-7(9)5-2;;;;/h4-5H,2H2,1,3H3;;;;. The van der Waals surface area contributed by atoms with Crippen LogP contribution in [0.15, 0.2) is 24.3 Å². The fourth-order valence-electron chi connectivity index (χ4n) is 0.331. The molecule has 0 radical (unpaired) electrons. The van der Waals surface area contributed by atoms with Gasteiger partial charge in [0.1, 0.15) is 0 Å². The Balaban J connectivity index is -0.000000500. The summed E-state index contributed by atoms with van der Waals surface area (Å²) in [5.74, 6) is -1.35. The van der Waals surface area contributed by atoms with E-state index in [1.54, 1.807) is 19.9 Å². The van der Waals surface area contributed by atoms with Crippen LogP contribution in [-0.2, 0) is 14.3 Å². The van der Waals surface area contributed by atoms with Crippen LogP contribution in [0.2, 0.25) is 0 Å². The van der Waals surface area contributed by atoms with Crippen LogP contribution >= 0.6 is 0 Å². The molecule has 0 saturated heterocycles. The van der Waals surface area contributed by atoms with Gasteiger partial charge in [-0.2, -0.15) is 0 Å². The quantitative estimate of drug-likeness (QED) is 0.272. The van der Waals surface area contributed by atoms with Gasteiger partial charge in [-0.15, -0.1) is 0 Å². The first-order valence-corrected chi connectivity index (χ1v) is 3.13. The first-order chi connectivity index (χ1) is 5.11. The summed E-state index contributed by atoms with van der Waals surface area (Å²) in [6, 6.07) is 0. The van der Waals surface area contributed by atoms with Crippen LogP contribution in [0, 0.1) is 0 Å². The zero-order valence-corrected chi connectivity index (χ0v) is 6.59. The Morgan fingerprint density at radius 2 is 1.77 bits per heavy atom. The van der Waals surface area contributed by atoms with E-state index in [2.05, 4.69) is 11.3 Å². The van der Waals surface area contributed by atoms with Crippen molar-refractivity contribution in [3.8, 4) is 0 Å². The van der Waals surface area contributed by atoms with Crippen molar-refractivity contribution in [3.05, 3.63) is 24.3 Å². The topological polar surface area (TPSA) is 43.4 Å². The van der Waals surface area contributed by atoms with Gasteiger partial charge in [0.2, 0.25) is 0 Å². The SMILES string of the molecule is C=CC(=O)OC(=O)C(C)=CC.[NaH].[NaH]. The number of carbonyl (C=O) groups excluding carboxylic acids is 2. The van der Waals surface area contributed by atoms with Crippen molar-refractivity contribution in [1.29, 1.82) is 0 Å². The van der Waals surface area contributed by atoms with Gasteiger partial charge in [0.25, 0.3) is 0 Å². The van der Waals surface area contributed by atoms with Gasteiger partial charge in [-0.25, -0.2) is 9.59 Å². The molecule has 0 rings (SSSR count). The first kappa shape index (κ1) is 19.2. The second kappa shape index (κ2) is 10.7. The zero-order valence-electron chi connectivity index (χ0n) is 6.59. The Kier molecular flexibility index (Phi) is 15.8. The monoisotopic (exact) mass is 202 g/mol. The number of hydrogen-bond donors (Lipinski definition) is 0. The average molecular weight is 202 g/mol. The van der Waals surface area contributed by atoms with E-state index in [1.165, 1.54) is 0 Å². The Hall–Kier alpha value is 0.620. The molecule has 0 aromatic rings. The van der Waals surface area contributed by atoms with Crippen LogP contribution in [0.4, 0.5) is 0 Å². The molecule has 0 N–H and O–H groups in total. The van der Waals surface area contributed by atoms with Gasteiger partial charge < -0.3 is 4.74 Å². The number of rotatable bonds is 2. The third kappa shape index (κ3) is 8.94. The molecule has 0 saturated carbocycles. The summed E-state index contributed by atoms with van der Waals surface area (Å²) < 4.78 is 4.29. The first-order valence-electron chi connectivity index (χ1n) is 3.13. The molecule has 0 bridgehead atoms. The van der Waals surface area contributed by atoms with E-state index < -0.39 is 11.9 Å². The van der Waals surface area contributed by atoms with Gasteiger partial charge >= 0.3 is 71.1 Å². The Morgan fingerprint density at radius 3 is 2.08 bits per heavy atom. The van der Waals surface area contributed by atoms with Gasteiger partial charge in [0, 0.05) is 11.6 Å². The Labute approximate surface area is 122 Å². The normalized spacial score (nSPS) is 8.92. The van der Waals surface area contributed by atoms with Crippen LogP contribution in [0.25, 0.3) is 0 Å². The summed E-state index contributed by atoms with van der Waals surface area (Å²) in [4.78, 5) is 21.2. The van der Waals surface area contributed by atoms with Crippen molar-refractivity contribution < 1.29 is 14.3 Å². The maximum atomic E-state index is 10.8. The molecule has 0 fully saturated rings. The molecule has 0 spiro atoms. The van der Waals surface area contributed by atoms with Gasteiger partial charge in [-0.05, 0) is 13.8 Å². The number of carbonyl (C=O) groups is 2. The van der Waals surface area contributed by atoms with Crippen molar-refractivity contribution in [2.45, 2.75) is 13.8 Å². The fraction of sp³-hybridized carbons (Fsp3) is 0.250. The molecule has 0 amide bonds. The van der Waals surface area contributed by atoms with E-state index in [1.807, 2.05) is 0 Å². The third-order valence-electron chi connectivity index (χ3n) is 1.11. The van der Waals surface area contributed by atoms with E-state index >= 15 is 0 Å². The average Bonchev–Trinajstić information content (AvgIpc) is 2.02. The van der Waals surface area contributed by atoms with Crippen molar-refractivity contribution in [2.24, 2.45) is 0 Å². The summed E-state index contributed by atoms with van der Waals surface area (Å²) in [6.45, 7) is 6.41. The van der Waals surface area contributed by atoms with Crippen molar-refractivity contribution in [1.82, 2.24) is 0 Å². The van der Waals surface area contributed by atoms with E-state index in [0.717, 1.165) is 6.08 Å². The predicted octanol–water partition coefficient (Wildman–Crippen LogP) is -0.0886. The molecule has 5 heteroatoms. The molecule has 0 heterocycles. The molecule has 0 aliphatic carbocycles. The molecular formula is C8H12Na2O3. The van der Waals surface area contributed by atoms with Gasteiger partial charge in [0.15, 0.2) is 0 Å². The van der Waals surface area contributed by atoms with Gasteiger partial charge in [0.05, 0.1) is 0 Å². The predicted molar refractivity (Wildman–Crippen MR) is 55.0 cm³/mol. The molecule has 0 aromatic heterocycles. The molecule has 0 aromatic carbocycles. The maximum absolute atomic E-state index is 10.8. The van der Waals surface area contributed by atoms with Crippen molar-refractivity contribution >= 4 is 71.1 Å². The molecule has 3 nitrogen and oxygen atoms in total. The van der Waals surface area contributed by atoms with E-state index in [9.17, 15) is 9.59 Å². The van der Waals surface area contributed by atoms with Gasteiger partial charge in [-0.1, -0.05) is 12.7 Å². The second-order valence-corrected chi connectivity index (χ2v) is 1.88. The number of hydrogen-bond acceptors (Lipinski definition) is 3.